The van der Waals surface area contributed by atoms with Gasteiger partial charge in [-0.15, -0.1) is 0 Å². The van der Waals surface area contributed by atoms with Crippen LogP contribution in [0, 0.1) is 0 Å². The third-order valence-electron chi connectivity index (χ3n) is 2.88. The molecule has 0 aliphatic heterocycles. The normalized spacial score (nSPS) is 11.7. The van der Waals surface area contributed by atoms with Gasteiger partial charge in [-0.25, -0.2) is 4.79 Å². The maximum atomic E-state index is 11.7. The van der Waals surface area contributed by atoms with Crippen molar-refractivity contribution in [3.05, 3.63) is 65.7 Å². The Morgan fingerprint density at radius 3 is 2.35 bits per heavy atom. The van der Waals surface area contributed by atoms with Crippen LogP contribution in [0.2, 0.25) is 0 Å². The lowest BCUT2D eigenvalue weighted by molar-refractivity contribution is -0.155. The molecule has 0 aliphatic rings. The van der Waals surface area contributed by atoms with Crippen LogP contribution in [0.4, 0.5) is 0 Å². The van der Waals surface area contributed by atoms with Crippen molar-refractivity contribution >= 4 is 5.97 Å². The molecule has 2 aromatic rings. The Kier molecular flexibility index (Phi) is 4.74. The minimum atomic E-state index is -1.26. The van der Waals surface area contributed by atoms with Crippen molar-refractivity contribution in [1.82, 2.24) is 0 Å². The number of benzene rings is 2. The Morgan fingerprint density at radius 2 is 1.75 bits per heavy atom. The first-order valence-corrected chi connectivity index (χ1v) is 6.23. The van der Waals surface area contributed by atoms with Gasteiger partial charge in [0.15, 0.2) is 6.10 Å². The van der Waals surface area contributed by atoms with E-state index in [1.165, 1.54) is 0 Å². The maximum Gasteiger partial charge on any atom is 0.339 e. The summed E-state index contributed by atoms with van der Waals surface area (Å²) >= 11 is 0. The van der Waals surface area contributed by atoms with E-state index in [9.17, 15) is 9.90 Å². The molecule has 0 spiro atoms. The van der Waals surface area contributed by atoms with E-state index in [-0.39, 0.29) is 6.61 Å². The molecule has 2 rings (SSSR count). The van der Waals surface area contributed by atoms with Crippen LogP contribution >= 0.6 is 0 Å². The van der Waals surface area contributed by atoms with Gasteiger partial charge in [0.2, 0.25) is 0 Å². The molecule has 0 saturated carbocycles. The number of methoxy groups -OCH3 is 1. The predicted octanol–water partition coefficient (Wildman–Crippen LogP) is 2.47. The van der Waals surface area contributed by atoms with Gasteiger partial charge in [0.1, 0.15) is 12.4 Å². The summed E-state index contributed by atoms with van der Waals surface area (Å²) in [7, 11) is 1.59. The lowest BCUT2D eigenvalue weighted by Crippen LogP contribution is -2.15. The average Bonchev–Trinajstić information content (AvgIpc) is 2.53. The molecule has 0 saturated heterocycles. The van der Waals surface area contributed by atoms with Gasteiger partial charge in [0.25, 0.3) is 0 Å². The Labute approximate surface area is 117 Å². The molecule has 0 fully saturated rings. The fraction of sp³-hybridized carbons (Fsp3) is 0.188. The van der Waals surface area contributed by atoms with E-state index >= 15 is 0 Å². The Hall–Kier alpha value is -2.33. The average molecular weight is 272 g/mol. The van der Waals surface area contributed by atoms with Gasteiger partial charge in [-0.2, -0.15) is 0 Å². The predicted molar refractivity (Wildman–Crippen MR) is 74.2 cm³/mol. The molecule has 0 amide bonds. The van der Waals surface area contributed by atoms with Crippen LogP contribution < -0.4 is 4.74 Å². The van der Waals surface area contributed by atoms with Crippen LogP contribution in [0.1, 0.15) is 17.2 Å². The second-order valence-electron chi connectivity index (χ2n) is 4.27. The molecule has 2 aromatic carbocycles. The zero-order valence-electron chi connectivity index (χ0n) is 11.2. The number of carbonyl (C=O) groups excluding carboxylic acids is 1. The molecule has 104 valence electrons. The zero-order chi connectivity index (χ0) is 14.4. The third kappa shape index (κ3) is 3.59. The van der Waals surface area contributed by atoms with Crippen molar-refractivity contribution in [2.45, 2.75) is 12.7 Å². The van der Waals surface area contributed by atoms with Gasteiger partial charge in [-0.1, -0.05) is 42.5 Å². The summed E-state index contributed by atoms with van der Waals surface area (Å²) in [6.45, 7) is 0.118. The molecule has 0 radical (unpaired) electrons. The number of carbonyl (C=O) groups is 1. The van der Waals surface area contributed by atoms with Gasteiger partial charge in [-0.3, -0.25) is 0 Å². The number of ether oxygens (including phenoxy) is 2. The summed E-state index contributed by atoms with van der Waals surface area (Å²) in [5.41, 5.74) is 1.35. The van der Waals surface area contributed by atoms with E-state index in [0.717, 1.165) is 11.3 Å². The summed E-state index contributed by atoms with van der Waals surface area (Å²) < 4.78 is 10.1. The standard InChI is InChI=1S/C16H16O4/c1-19-14-9-7-12(8-10-14)11-20-16(18)15(17)13-5-3-2-4-6-13/h2-10,15,17H,11H2,1H3/t15-/m0/s1. The molecule has 4 nitrogen and oxygen atoms in total. The Balaban J connectivity index is 1.91. The number of rotatable bonds is 5. The molecule has 0 aliphatic carbocycles. The molecule has 0 aromatic heterocycles. The largest absolute Gasteiger partial charge is 0.497 e. The molecule has 0 unspecified atom stereocenters. The van der Waals surface area contributed by atoms with E-state index in [1.807, 2.05) is 6.07 Å². The molecule has 4 heteroatoms. The Bertz CT molecular complexity index is 548. The third-order valence-corrected chi connectivity index (χ3v) is 2.88. The summed E-state index contributed by atoms with van der Waals surface area (Å²) in [5, 5.41) is 9.85. The summed E-state index contributed by atoms with van der Waals surface area (Å²) in [6.07, 6.45) is -1.26. The van der Waals surface area contributed by atoms with Gasteiger partial charge < -0.3 is 14.6 Å². The number of aliphatic hydroxyl groups excluding tert-OH is 1. The van der Waals surface area contributed by atoms with Crippen molar-refractivity contribution in [2.75, 3.05) is 7.11 Å². The topological polar surface area (TPSA) is 55.8 Å². The van der Waals surface area contributed by atoms with Crippen molar-refractivity contribution in [3.8, 4) is 5.75 Å². The molecule has 20 heavy (non-hydrogen) atoms. The first-order chi connectivity index (χ1) is 9.70. The molecular weight excluding hydrogens is 256 g/mol. The number of hydrogen-bond donors (Lipinski definition) is 1. The highest BCUT2D eigenvalue weighted by molar-refractivity contribution is 5.76. The lowest BCUT2D eigenvalue weighted by Gasteiger charge is -2.11. The molecule has 1 atom stereocenters. The molecule has 0 heterocycles. The molecule has 1 N–H and O–H groups in total. The summed E-state index contributed by atoms with van der Waals surface area (Å²) in [4.78, 5) is 11.7. The van der Waals surface area contributed by atoms with Crippen LogP contribution in [-0.4, -0.2) is 18.2 Å². The first-order valence-electron chi connectivity index (χ1n) is 6.23. The van der Waals surface area contributed by atoms with Crippen LogP contribution in [0.3, 0.4) is 0 Å². The van der Waals surface area contributed by atoms with Crippen molar-refractivity contribution in [2.24, 2.45) is 0 Å². The van der Waals surface area contributed by atoms with E-state index in [4.69, 9.17) is 9.47 Å². The lowest BCUT2D eigenvalue weighted by atomic mass is 10.1. The fourth-order valence-electron chi connectivity index (χ4n) is 1.73. The number of esters is 1. The second-order valence-corrected chi connectivity index (χ2v) is 4.27. The SMILES string of the molecule is COc1ccc(COC(=O)[C@@H](O)c2ccccc2)cc1. The monoisotopic (exact) mass is 272 g/mol. The van der Waals surface area contributed by atoms with Crippen molar-refractivity contribution in [1.29, 1.82) is 0 Å². The van der Waals surface area contributed by atoms with Crippen molar-refractivity contribution < 1.29 is 19.4 Å². The summed E-state index contributed by atoms with van der Waals surface area (Å²) in [6, 6.07) is 15.9. The number of aliphatic hydroxyl groups is 1. The molecular formula is C16H16O4. The smallest absolute Gasteiger partial charge is 0.339 e. The van der Waals surface area contributed by atoms with Gasteiger partial charge in [-0.05, 0) is 23.3 Å². The maximum absolute atomic E-state index is 11.7. The van der Waals surface area contributed by atoms with E-state index in [2.05, 4.69) is 0 Å². The quantitative estimate of drug-likeness (QED) is 0.849. The van der Waals surface area contributed by atoms with E-state index < -0.39 is 12.1 Å². The highest BCUT2D eigenvalue weighted by Crippen LogP contribution is 2.16. The highest BCUT2D eigenvalue weighted by atomic mass is 16.5. The van der Waals surface area contributed by atoms with Crippen LogP contribution in [0.5, 0.6) is 5.75 Å². The van der Waals surface area contributed by atoms with Gasteiger partial charge >= 0.3 is 5.97 Å². The van der Waals surface area contributed by atoms with Crippen LogP contribution in [0.25, 0.3) is 0 Å². The zero-order valence-corrected chi connectivity index (χ0v) is 11.2. The minimum absolute atomic E-state index is 0.118. The second kappa shape index (κ2) is 6.73. The van der Waals surface area contributed by atoms with E-state index in [1.54, 1.807) is 55.6 Å². The van der Waals surface area contributed by atoms with Gasteiger partial charge in [0.05, 0.1) is 7.11 Å². The van der Waals surface area contributed by atoms with Gasteiger partial charge in [0, 0.05) is 0 Å². The Morgan fingerprint density at radius 1 is 1.10 bits per heavy atom. The first kappa shape index (κ1) is 14.1. The fourth-order valence-corrected chi connectivity index (χ4v) is 1.73. The summed E-state index contributed by atoms with van der Waals surface area (Å²) in [5.74, 6) is 0.0800. The molecule has 0 bridgehead atoms. The van der Waals surface area contributed by atoms with Crippen molar-refractivity contribution in [3.63, 3.8) is 0 Å². The van der Waals surface area contributed by atoms with Crippen LogP contribution in [-0.2, 0) is 16.1 Å². The minimum Gasteiger partial charge on any atom is -0.497 e. The highest BCUT2D eigenvalue weighted by Gasteiger charge is 2.18. The van der Waals surface area contributed by atoms with E-state index in [0.29, 0.717) is 5.56 Å². The van der Waals surface area contributed by atoms with Crippen LogP contribution in [0.15, 0.2) is 54.6 Å². The number of hydrogen-bond acceptors (Lipinski definition) is 4.